The van der Waals surface area contributed by atoms with E-state index < -0.39 is 23.7 Å². The van der Waals surface area contributed by atoms with Crippen molar-refractivity contribution in [3.63, 3.8) is 0 Å². The average Bonchev–Trinajstić information content (AvgIpc) is 3.96. The monoisotopic (exact) mass is 718 g/mol. The van der Waals surface area contributed by atoms with Crippen LogP contribution in [0, 0.1) is 30.0 Å². The zero-order valence-electron chi connectivity index (χ0n) is 29.1. The van der Waals surface area contributed by atoms with Gasteiger partial charge < -0.3 is 14.5 Å². The Morgan fingerprint density at radius 3 is 2.47 bits per heavy atom. The minimum absolute atomic E-state index is 0.0231. The van der Waals surface area contributed by atoms with E-state index in [4.69, 9.17) is 11.2 Å². The Kier molecular flexibility index (Phi) is 9.38. The van der Waals surface area contributed by atoms with Gasteiger partial charge in [0.1, 0.15) is 23.2 Å². The second-order valence-electron chi connectivity index (χ2n) is 13.9. The number of carbonyl (C=O) groups excluding carboxylic acids is 1. The van der Waals surface area contributed by atoms with Crippen LogP contribution in [0.2, 0.25) is 0 Å². The standard InChI is InChI=1S/C33H25F2N7O2.C7H12FN/c1-3-19-7-4-8-20-9-5-10-23(27(19)20)29-28(35)30-24(14-38-29)31(40-33(39-30)44-2)41-15-21-17-42(18-22(21)16-41)32(43)25(34)13-26-36-11-6-12-37-26;8-6-4-7-2-1-3-9(7)5-6/h1,4-14,21-22H,15-18H2,2H3;6-7H,1-5H2/b25-13-;. The summed E-state index contributed by atoms with van der Waals surface area (Å²) in [6.07, 6.45) is 14.2. The van der Waals surface area contributed by atoms with E-state index in [-0.39, 0.29) is 34.9 Å². The molecular weight excluding hydrogens is 681 g/mol. The molecule has 0 radical (unpaired) electrons. The van der Waals surface area contributed by atoms with Gasteiger partial charge in [-0.15, -0.1) is 6.42 Å². The topological polar surface area (TPSA) is 100 Å². The molecule has 4 unspecified atom stereocenters. The van der Waals surface area contributed by atoms with Gasteiger partial charge in [-0.3, -0.25) is 14.7 Å². The smallest absolute Gasteiger partial charge is 0.318 e. The summed E-state index contributed by atoms with van der Waals surface area (Å²) in [6, 6.07) is 13.4. The Bertz CT molecular complexity index is 2230. The third-order valence-electron chi connectivity index (χ3n) is 10.7. The molecule has 1 amide bonds. The fourth-order valence-electron chi connectivity index (χ4n) is 8.27. The zero-order valence-corrected chi connectivity index (χ0v) is 29.1. The summed E-state index contributed by atoms with van der Waals surface area (Å²) in [7, 11) is 1.43. The number of methoxy groups -OCH3 is 1. The molecule has 9 rings (SSSR count). The predicted octanol–water partition coefficient (Wildman–Crippen LogP) is 5.86. The lowest BCUT2D eigenvalue weighted by atomic mass is 9.97. The molecule has 4 fully saturated rings. The summed E-state index contributed by atoms with van der Waals surface area (Å²) >= 11 is 0. The number of anilines is 1. The van der Waals surface area contributed by atoms with Gasteiger partial charge in [0.15, 0.2) is 17.5 Å². The number of terminal acetylenes is 1. The summed E-state index contributed by atoms with van der Waals surface area (Å²) in [5.74, 6) is 1.27. The normalized spacial score (nSPS) is 22.4. The van der Waals surface area contributed by atoms with E-state index in [2.05, 4.69) is 35.7 Å². The predicted molar refractivity (Wildman–Crippen MR) is 196 cm³/mol. The van der Waals surface area contributed by atoms with Gasteiger partial charge in [0.2, 0.25) is 0 Å². The number of hydrogen-bond donors (Lipinski definition) is 0. The lowest BCUT2D eigenvalue weighted by Crippen LogP contribution is -2.33. The van der Waals surface area contributed by atoms with Crippen LogP contribution in [0.5, 0.6) is 6.01 Å². The number of halogens is 3. The van der Waals surface area contributed by atoms with Crippen LogP contribution in [0.3, 0.4) is 0 Å². The van der Waals surface area contributed by atoms with Crippen LogP contribution < -0.4 is 9.64 Å². The molecule has 4 aliphatic rings. The molecule has 7 heterocycles. The van der Waals surface area contributed by atoms with Crippen molar-refractivity contribution in [2.45, 2.75) is 31.5 Å². The highest BCUT2D eigenvalue weighted by Gasteiger charge is 2.43. The Morgan fingerprint density at radius 2 is 1.75 bits per heavy atom. The van der Waals surface area contributed by atoms with E-state index in [1.54, 1.807) is 18.3 Å². The number of amides is 1. The van der Waals surface area contributed by atoms with Gasteiger partial charge in [0.25, 0.3) is 5.91 Å². The maximum absolute atomic E-state index is 16.3. The van der Waals surface area contributed by atoms with E-state index in [9.17, 15) is 13.6 Å². The van der Waals surface area contributed by atoms with Crippen molar-refractivity contribution in [3.8, 4) is 29.6 Å². The number of rotatable bonds is 5. The molecule has 0 spiro atoms. The second kappa shape index (κ2) is 14.4. The van der Waals surface area contributed by atoms with E-state index in [0.29, 0.717) is 61.1 Å². The third kappa shape index (κ3) is 6.63. The van der Waals surface area contributed by atoms with Crippen LogP contribution in [0.15, 0.2) is 66.9 Å². The maximum atomic E-state index is 16.3. The molecule has 0 aliphatic carbocycles. The van der Waals surface area contributed by atoms with Gasteiger partial charge in [0.05, 0.1) is 12.5 Å². The van der Waals surface area contributed by atoms with Crippen molar-refractivity contribution in [2.24, 2.45) is 11.8 Å². The fourth-order valence-corrected chi connectivity index (χ4v) is 8.27. The molecule has 2 aromatic carbocycles. The Morgan fingerprint density at radius 1 is 1.00 bits per heavy atom. The van der Waals surface area contributed by atoms with Crippen molar-refractivity contribution < 1.29 is 22.7 Å². The van der Waals surface area contributed by atoms with Crippen molar-refractivity contribution in [1.29, 1.82) is 0 Å². The van der Waals surface area contributed by atoms with Crippen LogP contribution in [0.1, 0.15) is 30.7 Å². The van der Waals surface area contributed by atoms with Crippen LogP contribution in [-0.2, 0) is 4.79 Å². The summed E-state index contributed by atoms with van der Waals surface area (Å²) < 4.78 is 49.0. The molecule has 5 aromatic rings. The van der Waals surface area contributed by atoms with Crippen LogP contribution in [-0.4, -0.2) is 99.2 Å². The molecule has 53 heavy (non-hydrogen) atoms. The number of aromatic nitrogens is 5. The lowest BCUT2D eigenvalue weighted by molar-refractivity contribution is -0.127. The number of fused-ring (bicyclic) bond motifs is 4. The maximum Gasteiger partial charge on any atom is 0.318 e. The quantitative estimate of drug-likeness (QED) is 0.163. The lowest BCUT2D eigenvalue weighted by Gasteiger charge is -2.23. The zero-order chi connectivity index (χ0) is 36.6. The molecule has 10 nitrogen and oxygen atoms in total. The van der Waals surface area contributed by atoms with E-state index >= 15 is 4.39 Å². The highest BCUT2D eigenvalue weighted by Crippen LogP contribution is 2.39. The molecule has 270 valence electrons. The van der Waals surface area contributed by atoms with Gasteiger partial charge in [-0.2, -0.15) is 9.97 Å². The number of benzene rings is 2. The van der Waals surface area contributed by atoms with Crippen LogP contribution in [0.4, 0.5) is 19.0 Å². The molecule has 0 bridgehead atoms. The summed E-state index contributed by atoms with van der Waals surface area (Å²) in [6.45, 7) is 3.69. The number of hydrogen-bond acceptors (Lipinski definition) is 9. The van der Waals surface area contributed by atoms with Crippen molar-refractivity contribution in [3.05, 3.63) is 84.1 Å². The molecular formula is C40H37F3N8O2. The van der Waals surface area contributed by atoms with Crippen molar-refractivity contribution in [2.75, 3.05) is 51.3 Å². The molecule has 0 N–H and O–H groups in total. The Balaban J connectivity index is 0.000000386. The molecule has 0 saturated carbocycles. The first kappa shape index (κ1) is 34.5. The summed E-state index contributed by atoms with van der Waals surface area (Å²) in [5.41, 5.74) is 1.41. The number of carbonyl (C=O) groups is 1. The summed E-state index contributed by atoms with van der Waals surface area (Å²) in [4.78, 5) is 40.0. The number of nitrogens with zero attached hydrogens (tertiary/aromatic N) is 8. The molecule has 4 atom stereocenters. The SMILES string of the molecule is C#Cc1cccc2cccc(-c3ncc4c(N5CC6CN(C(=O)/C(F)=C/c7ncccn7)CC6C5)nc(OC)nc4c3F)c12.FC1CC2CCCN2C1. The highest BCUT2D eigenvalue weighted by molar-refractivity contribution is 6.02. The first-order chi connectivity index (χ1) is 25.8. The van der Waals surface area contributed by atoms with Crippen molar-refractivity contribution in [1.82, 2.24) is 34.7 Å². The van der Waals surface area contributed by atoms with Gasteiger partial charge in [-0.05, 0) is 43.3 Å². The van der Waals surface area contributed by atoms with Crippen LogP contribution >= 0.6 is 0 Å². The third-order valence-corrected chi connectivity index (χ3v) is 10.7. The first-order valence-corrected chi connectivity index (χ1v) is 17.8. The first-order valence-electron chi connectivity index (χ1n) is 17.8. The number of ether oxygens (including phenoxy) is 1. The van der Waals surface area contributed by atoms with Crippen molar-refractivity contribution >= 4 is 39.5 Å². The highest BCUT2D eigenvalue weighted by atomic mass is 19.1. The van der Waals surface area contributed by atoms with Gasteiger partial charge in [-0.25, -0.2) is 23.1 Å². The minimum Gasteiger partial charge on any atom is -0.467 e. The fraction of sp³-hybridized carbons (Fsp3) is 0.350. The molecule has 4 aliphatic heterocycles. The molecule has 13 heteroatoms. The molecule has 3 aromatic heterocycles. The number of likely N-dealkylation sites (tertiary alicyclic amines) is 1. The Hall–Kier alpha value is -5.61. The Labute approximate surface area is 304 Å². The van der Waals surface area contributed by atoms with Gasteiger partial charge >= 0.3 is 6.01 Å². The van der Waals surface area contributed by atoms with E-state index in [1.807, 2.05) is 35.2 Å². The van der Waals surface area contributed by atoms with Gasteiger partial charge in [-0.1, -0.05) is 36.3 Å². The summed E-state index contributed by atoms with van der Waals surface area (Å²) in [5, 5.41) is 2.05. The average molecular weight is 719 g/mol. The van der Waals surface area contributed by atoms with Gasteiger partial charge in [0, 0.05) is 91.8 Å². The van der Waals surface area contributed by atoms with Crippen LogP contribution in [0.25, 0.3) is 39.0 Å². The number of alkyl halides is 1. The van der Waals surface area contributed by atoms with E-state index in [1.165, 1.54) is 37.2 Å². The van der Waals surface area contributed by atoms with E-state index in [0.717, 1.165) is 29.8 Å². The minimum atomic E-state index is -0.905. The number of pyridine rings is 1. The largest absolute Gasteiger partial charge is 0.467 e. The molecule has 4 saturated heterocycles. The second-order valence-corrected chi connectivity index (χ2v) is 13.9.